The summed E-state index contributed by atoms with van der Waals surface area (Å²) in [5.41, 5.74) is 0.509. The van der Waals surface area contributed by atoms with Crippen molar-refractivity contribution >= 4 is 34.8 Å². The molecule has 0 saturated carbocycles. The Hall–Kier alpha value is -1.70. The molecule has 1 aromatic carbocycles. The Kier molecular flexibility index (Phi) is 6.20. The summed E-state index contributed by atoms with van der Waals surface area (Å²) in [6, 6.07) is 6.71. The van der Waals surface area contributed by atoms with Gasteiger partial charge >= 0.3 is 0 Å². The number of rotatable bonds is 5. The highest BCUT2D eigenvalue weighted by Crippen LogP contribution is 2.25. The van der Waals surface area contributed by atoms with Crippen molar-refractivity contribution in [1.82, 2.24) is 5.32 Å². The van der Waals surface area contributed by atoms with Gasteiger partial charge in [0, 0.05) is 17.8 Å². The molecule has 0 fully saturated rings. The van der Waals surface area contributed by atoms with Crippen LogP contribution in [-0.2, 0) is 4.79 Å². The van der Waals surface area contributed by atoms with Gasteiger partial charge in [0.1, 0.15) is 11.6 Å². The van der Waals surface area contributed by atoms with Gasteiger partial charge in [-0.3, -0.25) is 4.79 Å². The molecule has 4 nitrogen and oxygen atoms in total. The minimum Gasteiger partial charge on any atom is -0.359 e. The van der Waals surface area contributed by atoms with E-state index in [1.165, 1.54) is 6.20 Å². The molecule has 19 heavy (non-hydrogen) atoms. The maximum absolute atomic E-state index is 11.6. The molecule has 0 unspecified atom stereocenters. The smallest absolute Gasteiger partial charge is 0.263 e. The van der Waals surface area contributed by atoms with Gasteiger partial charge in [0.25, 0.3) is 5.91 Å². The lowest BCUT2D eigenvalue weighted by atomic mass is 10.2. The number of carbonyl (C=O) groups excluding carboxylic acids is 1. The first-order chi connectivity index (χ1) is 9.08. The molecule has 6 heteroatoms. The lowest BCUT2D eigenvalue weighted by Crippen LogP contribution is -2.25. The summed E-state index contributed by atoms with van der Waals surface area (Å²) < 4.78 is 0. The fraction of sp³-hybridized carbons (Fsp3) is 0.231. The van der Waals surface area contributed by atoms with Crippen molar-refractivity contribution in [2.75, 3.05) is 11.9 Å². The topological polar surface area (TPSA) is 64.9 Å². The maximum atomic E-state index is 11.6. The highest BCUT2D eigenvalue weighted by Gasteiger charge is 2.08. The zero-order valence-corrected chi connectivity index (χ0v) is 11.8. The molecule has 1 rings (SSSR count). The fourth-order valence-corrected chi connectivity index (χ4v) is 1.58. The van der Waals surface area contributed by atoms with Gasteiger partial charge in [-0.05, 0) is 24.6 Å². The van der Waals surface area contributed by atoms with Crippen LogP contribution in [0.5, 0.6) is 0 Å². The molecule has 0 spiro atoms. The Labute approximate surface area is 122 Å². The third-order valence-corrected chi connectivity index (χ3v) is 2.77. The second kappa shape index (κ2) is 7.67. The van der Waals surface area contributed by atoms with E-state index in [1.807, 2.05) is 13.0 Å². The van der Waals surface area contributed by atoms with Crippen molar-refractivity contribution < 1.29 is 4.79 Å². The molecule has 1 amide bonds. The van der Waals surface area contributed by atoms with E-state index in [0.717, 1.165) is 6.42 Å². The Morgan fingerprint density at radius 2 is 2.21 bits per heavy atom. The number of benzene rings is 1. The van der Waals surface area contributed by atoms with Gasteiger partial charge in [-0.1, -0.05) is 30.1 Å². The number of hydrogen-bond donors (Lipinski definition) is 2. The summed E-state index contributed by atoms with van der Waals surface area (Å²) in [6.07, 6.45) is 2.11. The van der Waals surface area contributed by atoms with Crippen molar-refractivity contribution in [3.8, 4) is 6.07 Å². The van der Waals surface area contributed by atoms with Crippen molar-refractivity contribution in [3.05, 3.63) is 40.0 Å². The van der Waals surface area contributed by atoms with Crippen LogP contribution in [0.15, 0.2) is 30.0 Å². The second-order valence-corrected chi connectivity index (χ2v) is 4.54. The summed E-state index contributed by atoms with van der Waals surface area (Å²) in [5, 5.41) is 15.3. The summed E-state index contributed by atoms with van der Waals surface area (Å²) in [6.45, 7) is 2.45. The quantitative estimate of drug-likeness (QED) is 0.647. The van der Waals surface area contributed by atoms with Crippen LogP contribution in [-0.4, -0.2) is 12.5 Å². The molecule has 0 heterocycles. The van der Waals surface area contributed by atoms with Gasteiger partial charge in [-0.2, -0.15) is 5.26 Å². The highest BCUT2D eigenvalue weighted by molar-refractivity contribution is 6.35. The molecule has 0 radical (unpaired) electrons. The fourth-order valence-electron chi connectivity index (χ4n) is 1.24. The number of anilines is 1. The molecular weight excluding hydrogens is 285 g/mol. The highest BCUT2D eigenvalue weighted by atomic mass is 35.5. The molecule has 0 aliphatic rings. The van der Waals surface area contributed by atoms with Gasteiger partial charge in [0.15, 0.2) is 0 Å². The largest absolute Gasteiger partial charge is 0.359 e. The van der Waals surface area contributed by atoms with E-state index in [1.54, 1.807) is 18.2 Å². The number of halogens is 2. The number of carbonyl (C=O) groups is 1. The molecule has 0 saturated heterocycles. The Balaban J connectivity index is 2.80. The van der Waals surface area contributed by atoms with Crippen molar-refractivity contribution in [2.24, 2.45) is 0 Å². The predicted octanol–water partition coefficient (Wildman–Crippen LogP) is 3.34. The summed E-state index contributed by atoms with van der Waals surface area (Å²) in [7, 11) is 0. The summed E-state index contributed by atoms with van der Waals surface area (Å²) in [5.74, 6) is -0.421. The van der Waals surface area contributed by atoms with Crippen LogP contribution in [0.2, 0.25) is 10.0 Å². The molecule has 100 valence electrons. The third-order valence-electron chi connectivity index (χ3n) is 2.20. The monoisotopic (exact) mass is 297 g/mol. The van der Waals surface area contributed by atoms with E-state index in [4.69, 9.17) is 28.5 Å². The standard InChI is InChI=1S/C13H13Cl2N3O/c1-2-5-17-13(19)9(7-16)8-18-12-6-10(14)3-4-11(12)15/h3-4,6,8,18H,2,5H2,1H3,(H,17,19)/b9-8-. The normalized spacial score (nSPS) is 10.7. The van der Waals surface area contributed by atoms with E-state index < -0.39 is 5.91 Å². The first kappa shape index (κ1) is 15.4. The van der Waals surface area contributed by atoms with Crippen LogP contribution in [0.3, 0.4) is 0 Å². The van der Waals surface area contributed by atoms with E-state index >= 15 is 0 Å². The molecule has 1 aromatic rings. The van der Waals surface area contributed by atoms with Crippen molar-refractivity contribution in [2.45, 2.75) is 13.3 Å². The van der Waals surface area contributed by atoms with Gasteiger partial charge < -0.3 is 10.6 Å². The first-order valence-corrected chi connectivity index (χ1v) is 6.44. The molecule has 0 aliphatic heterocycles. The van der Waals surface area contributed by atoms with Crippen LogP contribution in [0.4, 0.5) is 5.69 Å². The van der Waals surface area contributed by atoms with Crippen LogP contribution < -0.4 is 10.6 Å². The van der Waals surface area contributed by atoms with Gasteiger partial charge in [-0.25, -0.2) is 0 Å². The molecule has 0 bridgehead atoms. The second-order valence-electron chi connectivity index (χ2n) is 3.69. The first-order valence-electron chi connectivity index (χ1n) is 5.68. The van der Waals surface area contributed by atoms with E-state index in [2.05, 4.69) is 10.6 Å². The third kappa shape index (κ3) is 4.82. The van der Waals surface area contributed by atoms with Gasteiger partial charge in [-0.15, -0.1) is 0 Å². The minimum absolute atomic E-state index is 0.0236. The molecule has 2 N–H and O–H groups in total. The number of nitrogens with zero attached hydrogens (tertiary/aromatic N) is 1. The Bertz CT molecular complexity index is 535. The summed E-state index contributed by atoms with van der Waals surface area (Å²) in [4.78, 5) is 11.6. The van der Waals surface area contributed by atoms with Crippen LogP contribution >= 0.6 is 23.2 Å². The molecular formula is C13H13Cl2N3O. The zero-order valence-electron chi connectivity index (χ0n) is 10.3. The number of hydrogen-bond acceptors (Lipinski definition) is 3. The maximum Gasteiger partial charge on any atom is 0.263 e. The van der Waals surface area contributed by atoms with Crippen LogP contribution in [0, 0.1) is 11.3 Å². The van der Waals surface area contributed by atoms with E-state index in [0.29, 0.717) is 22.3 Å². The predicted molar refractivity (Wildman–Crippen MR) is 77.1 cm³/mol. The van der Waals surface area contributed by atoms with Crippen LogP contribution in [0.25, 0.3) is 0 Å². The number of amides is 1. The van der Waals surface area contributed by atoms with Gasteiger partial charge in [0.2, 0.25) is 0 Å². The average molecular weight is 298 g/mol. The van der Waals surface area contributed by atoms with Crippen molar-refractivity contribution in [1.29, 1.82) is 5.26 Å². The summed E-state index contributed by atoms with van der Waals surface area (Å²) >= 11 is 11.8. The SMILES string of the molecule is CCCNC(=O)/C(C#N)=C\Nc1cc(Cl)ccc1Cl. The van der Waals surface area contributed by atoms with Crippen LogP contribution in [0.1, 0.15) is 13.3 Å². The lowest BCUT2D eigenvalue weighted by Gasteiger charge is -2.06. The zero-order chi connectivity index (χ0) is 14.3. The molecule has 0 aromatic heterocycles. The number of nitrogens with one attached hydrogen (secondary N) is 2. The number of nitriles is 1. The van der Waals surface area contributed by atoms with E-state index in [-0.39, 0.29) is 5.57 Å². The minimum atomic E-state index is -0.421. The Morgan fingerprint density at radius 3 is 2.84 bits per heavy atom. The average Bonchev–Trinajstić information content (AvgIpc) is 2.40. The molecule has 0 aliphatic carbocycles. The Morgan fingerprint density at radius 1 is 1.47 bits per heavy atom. The lowest BCUT2D eigenvalue weighted by molar-refractivity contribution is -0.117. The van der Waals surface area contributed by atoms with E-state index in [9.17, 15) is 4.79 Å². The van der Waals surface area contributed by atoms with Crippen molar-refractivity contribution in [3.63, 3.8) is 0 Å². The molecule has 0 atom stereocenters. The van der Waals surface area contributed by atoms with Gasteiger partial charge in [0.05, 0.1) is 10.7 Å².